The third kappa shape index (κ3) is 6.46. The van der Waals surface area contributed by atoms with Gasteiger partial charge in [-0.25, -0.2) is 9.37 Å². The molecule has 10 nitrogen and oxygen atoms in total. The lowest BCUT2D eigenvalue weighted by atomic mass is 9.94. The highest BCUT2D eigenvalue weighted by molar-refractivity contribution is 6.00. The molecule has 0 bridgehead atoms. The first kappa shape index (κ1) is 26.8. The number of amides is 1. The van der Waals surface area contributed by atoms with E-state index < -0.39 is 18.1 Å². The number of nitrogens with zero attached hydrogens (tertiary/aromatic N) is 4. The van der Waals surface area contributed by atoms with Crippen LogP contribution in [0.5, 0.6) is 0 Å². The van der Waals surface area contributed by atoms with Gasteiger partial charge in [0.25, 0.3) is 5.91 Å². The molecule has 0 radical (unpaired) electrons. The van der Waals surface area contributed by atoms with Crippen molar-refractivity contribution in [1.29, 1.82) is 0 Å². The fourth-order valence-electron chi connectivity index (χ4n) is 3.92. The number of hydrogen-bond donors (Lipinski definition) is 3. The maximum Gasteiger partial charge on any atom is 0.257 e. The average Bonchev–Trinajstić information content (AvgIpc) is 3.40. The molecule has 3 N–H and O–H groups in total. The van der Waals surface area contributed by atoms with Crippen LogP contribution in [0, 0.1) is 0 Å². The van der Waals surface area contributed by atoms with Gasteiger partial charge < -0.3 is 20.9 Å². The van der Waals surface area contributed by atoms with E-state index in [0.29, 0.717) is 49.0 Å². The Balaban J connectivity index is 0.00000176. The first-order valence-corrected chi connectivity index (χ1v) is 12.3. The Morgan fingerprint density at radius 1 is 1.28 bits per heavy atom. The summed E-state index contributed by atoms with van der Waals surface area (Å²) in [7, 11) is 3.65. The number of Topliss-reactive ketones (excluding diaryl/α,β-unsaturated/α-hetero) is 1. The maximum absolute atomic E-state index is 13.2. The molecule has 2 heterocycles. The summed E-state index contributed by atoms with van der Waals surface area (Å²) in [5, 5.41) is 12.8. The topological polar surface area (TPSA) is 121 Å². The number of hydrogen-bond acceptors (Lipinski definition) is 8. The van der Waals surface area contributed by atoms with Crippen LogP contribution in [0.1, 0.15) is 56.3 Å². The molecule has 2 aromatic rings. The third-order valence-electron chi connectivity index (χ3n) is 6.09. The first-order valence-electron chi connectivity index (χ1n) is 12.3. The minimum Gasteiger partial charge on any atom is -0.377 e. The molecule has 2 fully saturated rings. The number of carbonyl (C=O) groups is 3. The van der Waals surface area contributed by atoms with E-state index in [1.54, 1.807) is 25.3 Å². The molecule has 0 aromatic carbocycles. The molecule has 2 aliphatic rings. The molecule has 2 aliphatic carbocycles. The van der Waals surface area contributed by atoms with Crippen LogP contribution in [0.25, 0.3) is 5.65 Å². The van der Waals surface area contributed by atoms with Crippen molar-refractivity contribution in [3.05, 3.63) is 41.9 Å². The van der Waals surface area contributed by atoms with Gasteiger partial charge in [0, 0.05) is 45.5 Å². The fourth-order valence-corrected chi connectivity index (χ4v) is 3.92. The van der Waals surface area contributed by atoms with Crippen molar-refractivity contribution in [2.24, 2.45) is 0 Å². The number of aromatic nitrogens is 3. The molecule has 194 valence electrons. The summed E-state index contributed by atoms with van der Waals surface area (Å²) in [5.41, 5.74) is 0.754. The molecule has 0 spiro atoms. The Morgan fingerprint density at radius 3 is 2.58 bits per heavy atom. The van der Waals surface area contributed by atoms with Crippen LogP contribution in [0.3, 0.4) is 0 Å². The number of rotatable bonds is 9. The molecule has 0 saturated heterocycles. The van der Waals surface area contributed by atoms with Gasteiger partial charge >= 0.3 is 0 Å². The van der Waals surface area contributed by atoms with E-state index in [-0.39, 0.29) is 16.9 Å². The van der Waals surface area contributed by atoms with E-state index >= 15 is 0 Å². The summed E-state index contributed by atoms with van der Waals surface area (Å²) in [6.07, 6.45) is 9.46. The molecule has 1 amide bonds. The van der Waals surface area contributed by atoms with Crippen LogP contribution >= 0.6 is 0 Å². The Bertz CT molecular complexity index is 1150. The summed E-state index contributed by atoms with van der Waals surface area (Å²) in [5.74, 6) is 0.749. The van der Waals surface area contributed by atoms with Crippen LogP contribution < -0.4 is 16.0 Å². The lowest BCUT2D eigenvalue weighted by Gasteiger charge is -2.29. The SMILES string of the molecule is CC.CNc1cc(N/C(C=O)=C/C=C\N(C)C2CCC(=O)CC2)nc2c(C(=O)NC3CC3F)cnn12. The molecular formula is C25H34FN7O3. The molecule has 0 aliphatic heterocycles. The van der Waals surface area contributed by atoms with Gasteiger partial charge in [-0.1, -0.05) is 13.8 Å². The molecule has 4 rings (SSSR count). The number of allylic oxidation sites excluding steroid dienone is 3. The van der Waals surface area contributed by atoms with E-state index in [2.05, 4.69) is 26.0 Å². The van der Waals surface area contributed by atoms with Gasteiger partial charge in [-0.05, 0) is 31.2 Å². The maximum atomic E-state index is 13.2. The van der Waals surface area contributed by atoms with Gasteiger partial charge in [0.15, 0.2) is 11.9 Å². The molecule has 11 heteroatoms. The predicted molar refractivity (Wildman–Crippen MR) is 137 cm³/mol. The van der Waals surface area contributed by atoms with Gasteiger partial charge in [-0.3, -0.25) is 14.4 Å². The predicted octanol–water partition coefficient (Wildman–Crippen LogP) is 3.09. The van der Waals surface area contributed by atoms with Crippen LogP contribution in [0.2, 0.25) is 0 Å². The number of carbonyl (C=O) groups excluding carboxylic acids is 3. The smallest absolute Gasteiger partial charge is 0.257 e. The lowest BCUT2D eigenvalue weighted by molar-refractivity contribution is -0.121. The van der Waals surface area contributed by atoms with Crippen molar-refractivity contribution in [2.45, 2.75) is 64.2 Å². The number of nitrogens with one attached hydrogen (secondary N) is 3. The monoisotopic (exact) mass is 499 g/mol. The van der Waals surface area contributed by atoms with Crippen molar-refractivity contribution in [3.8, 4) is 0 Å². The van der Waals surface area contributed by atoms with E-state index in [0.717, 1.165) is 12.8 Å². The molecular weight excluding hydrogens is 465 g/mol. The second-order valence-corrected chi connectivity index (χ2v) is 8.54. The molecule has 2 unspecified atom stereocenters. The zero-order chi connectivity index (χ0) is 26.2. The highest BCUT2D eigenvalue weighted by Crippen LogP contribution is 2.26. The van der Waals surface area contributed by atoms with Crippen LogP contribution in [-0.4, -0.2) is 69.8 Å². The average molecular weight is 500 g/mol. The summed E-state index contributed by atoms with van der Waals surface area (Å²) < 4.78 is 14.7. The largest absolute Gasteiger partial charge is 0.377 e. The zero-order valence-corrected chi connectivity index (χ0v) is 21.1. The normalized spacial score (nSPS) is 20.0. The van der Waals surface area contributed by atoms with Crippen LogP contribution in [-0.2, 0) is 9.59 Å². The Hall–Kier alpha value is -3.76. The van der Waals surface area contributed by atoms with E-state index in [1.165, 1.54) is 10.7 Å². The second kappa shape index (κ2) is 12.3. The standard InChI is InChI=1S/C23H28FN7O3.C2H6/c1-25-21-11-20(29-22-17(12-26-31(21)22)23(34)28-19-10-18(19)24)27-14(13-32)4-3-9-30(2)15-5-7-16(33)8-6-15;1-2/h3-4,9,11-13,15,18-19,25H,5-8,10H2,1-2H3,(H,27,29)(H,28,34);1-2H3/b9-3-,14-4+;. The van der Waals surface area contributed by atoms with Crippen LogP contribution in [0.15, 0.2) is 36.3 Å². The quantitative estimate of drug-likeness (QED) is 0.274. The van der Waals surface area contributed by atoms with E-state index in [4.69, 9.17) is 0 Å². The Labute approximate surface area is 210 Å². The van der Waals surface area contributed by atoms with Gasteiger partial charge in [-0.15, -0.1) is 0 Å². The van der Waals surface area contributed by atoms with E-state index in [9.17, 15) is 18.8 Å². The number of fused-ring (bicyclic) bond motifs is 1. The fraction of sp³-hybridized carbons (Fsp3) is 0.480. The summed E-state index contributed by atoms with van der Waals surface area (Å²) in [6.45, 7) is 4.00. The number of aldehydes is 1. The van der Waals surface area contributed by atoms with Crippen molar-refractivity contribution in [1.82, 2.24) is 24.8 Å². The molecule has 36 heavy (non-hydrogen) atoms. The van der Waals surface area contributed by atoms with Crippen molar-refractivity contribution in [3.63, 3.8) is 0 Å². The molecule has 2 saturated carbocycles. The molecule has 2 aromatic heterocycles. The van der Waals surface area contributed by atoms with Crippen molar-refractivity contribution in [2.75, 3.05) is 24.7 Å². The zero-order valence-electron chi connectivity index (χ0n) is 21.1. The highest BCUT2D eigenvalue weighted by atomic mass is 19.1. The summed E-state index contributed by atoms with van der Waals surface area (Å²) >= 11 is 0. The number of anilines is 2. The second-order valence-electron chi connectivity index (χ2n) is 8.54. The highest BCUT2D eigenvalue weighted by Gasteiger charge is 2.39. The number of alkyl halides is 1. The Morgan fingerprint density at radius 2 is 1.97 bits per heavy atom. The van der Waals surface area contributed by atoms with Gasteiger partial charge in [0.1, 0.15) is 29.2 Å². The van der Waals surface area contributed by atoms with Gasteiger partial charge in [0.2, 0.25) is 0 Å². The van der Waals surface area contributed by atoms with Crippen molar-refractivity contribution >= 4 is 35.3 Å². The first-order chi connectivity index (χ1) is 17.4. The minimum absolute atomic E-state index is 0.211. The molecule has 2 atom stereocenters. The van der Waals surface area contributed by atoms with E-state index in [1.807, 2.05) is 32.0 Å². The summed E-state index contributed by atoms with van der Waals surface area (Å²) in [6, 6.07) is 1.48. The summed E-state index contributed by atoms with van der Waals surface area (Å²) in [4.78, 5) is 42.1. The van der Waals surface area contributed by atoms with Crippen LogP contribution in [0.4, 0.5) is 16.0 Å². The van der Waals surface area contributed by atoms with Gasteiger partial charge in [-0.2, -0.15) is 9.61 Å². The number of halogens is 1. The minimum atomic E-state index is -1.02. The van der Waals surface area contributed by atoms with Crippen molar-refractivity contribution < 1.29 is 18.8 Å². The lowest BCUT2D eigenvalue weighted by Crippen LogP contribution is -2.31. The number of ketones is 1. The Kier molecular flexibility index (Phi) is 9.15. The van der Waals surface area contributed by atoms with Gasteiger partial charge in [0.05, 0.1) is 17.9 Å². The third-order valence-corrected chi connectivity index (χ3v) is 6.09.